The smallest absolute Gasteiger partial charge is 0.339 e. The van der Waals surface area contributed by atoms with E-state index in [9.17, 15) is 4.79 Å². The molecule has 0 aliphatic heterocycles. The summed E-state index contributed by atoms with van der Waals surface area (Å²) >= 11 is 6.69. The molecule has 0 spiro atoms. The van der Waals surface area contributed by atoms with Gasteiger partial charge < -0.3 is 10.2 Å². The van der Waals surface area contributed by atoms with Gasteiger partial charge in [0.2, 0.25) is 6.10 Å². The van der Waals surface area contributed by atoms with E-state index in [1.54, 1.807) is 6.92 Å². The number of carbonyl (C=O) groups is 1. The van der Waals surface area contributed by atoms with Crippen molar-refractivity contribution in [3.63, 3.8) is 0 Å². The first-order valence-electron chi connectivity index (χ1n) is 3.49. The number of alkyl halides is 1. The third-order valence-corrected chi connectivity index (χ3v) is 3.13. The van der Waals surface area contributed by atoms with Gasteiger partial charge in [0, 0.05) is 4.88 Å². The number of halogens is 1. The Bertz CT molecular complexity index is 326. The molecule has 1 atom stereocenters. The van der Waals surface area contributed by atoms with E-state index < -0.39 is 12.1 Å². The van der Waals surface area contributed by atoms with Crippen LogP contribution in [0.2, 0.25) is 0 Å². The number of aliphatic hydroxyl groups excluding tert-OH is 1. The molecular weight excluding hydrogens is 214 g/mol. The second kappa shape index (κ2) is 4.04. The van der Waals surface area contributed by atoms with E-state index in [4.69, 9.17) is 21.8 Å². The predicted octanol–water partition coefficient (Wildman–Crippen LogP) is 1.31. The number of hydrogen-bond donors (Lipinski definition) is 2. The largest absolute Gasteiger partial charge is 0.479 e. The quantitative estimate of drug-likeness (QED) is 0.755. The number of rotatable bonds is 3. The molecule has 0 bridgehead atoms. The first-order valence-corrected chi connectivity index (χ1v) is 4.84. The highest BCUT2D eigenvalue weighted by atomic mass is 35.5. The lowest BCUT2D eigenvalue weighted by Gasteiger charge is -1.98. The summed E-state index contributed by atoms with van der Waals surface area (Å²) in [4.78, 5) is 15.1. The zero-order valence-corrected chi connectivity index (χ0v) is 8.39. The molecular formula is C7H8ClNO3S. The minimum absolute atomic E-state index is 0.181. The van der Waals surface area contributed by atoms with Gasteiger partial charge >= 0.3 is 5.97 Å². The molecule has 0 amide bonds. The Kier molecular flexibility index (Phi) is 3.24. The topological polar surface area (TPSA) is 70.4 Å². The number of nitrogens with zero attached hydrogens (tertiary/aromatic N) is 1. The molecule has 0 saturated heterocycles. The van der Waals surface area contributed by atoms with Gasteiger partial charge in [-0.15, -0.1) is 22.9 Å². The van der Waals surface area contributed by atoms with Crippen molar-refractivity contribution in [3.8, 4) is 0 Å². The van der Waals surface area contributed by atoms with Crippen molar-refractivity contribution in [1.29, 1.82) is 0 Å². The Balaban J connectivity index is 2.96. The van der Waals surface area contributed by atoms with Crippen molar-refractivity contribution in [2.75, 3.05) is 0 Å². The van der Waals surface area contributed by atoms with Crippen LogP contribution in [0.3, 0.4) is 0 Å². The van der Waals surface area contributed by atoms with Crippen molar-refractivity contribution in [3.05, 3.63) is 15.6 Å². The minimum Gasteiger partial charge on any atom is -0.479 e. The number of hydrogen-bond acceptors (Lipinski definition) is 4. The summed E-state index contributed by atoms with van der Waals surface area (Å²) in [5.74, 6) is -1.01. The Morgan fingerprint density at radius 3 is 2.77 bits per heavy atom. The number of carboxylic acid groups (broad SMARTS) is 1. The molecule has 0 aliphatic carbocycles. The van der Waals surface area contributed by atoms with Gasteiger partial charge in [0.15, 0.2) is 0 Å². The number of aryl methyl sites for hydroxylation is 1. The molecule has 1 heterocycles. The fourth-order valence-corrected chi connectivity index (χ4v) is 2.05. The van der Waals surface area contributed by atoms with Crippen LogP contribution in [-0.4, -0.2) is 21.2 Å². The highest BCUT2D eigenvalue weighted by Gasteiger charge is 2.21. The van der Waals surface area contributed by atoms with E-state index in [2.05, 4.69) is 4.98 Å². The lowest BCUT2D eigenvalue weighted by molar-refractivity contribution is -0.146. The molecule has 6 heteroatoms. The fraction of sp³-hybridized carbons (Fsp3) is 0.429. The molecule has 2 N–H and O–H groups in total. The molecule has 1 unspecified atom stereocenters. The first-order chi connectivity index (χ1) is 6.06. The maximum atomic E-state index is 10.4. The van der Waals surface area contributed by atoms with Crippen molar-refractivity contribution in [2.24, 2.45) is 0 Å². The monoisotopic (exact) mass is 221 g/mol. The standard InChI is InChI=1S/C7H8ClNO3S/c1-3-4(2-8)13-6(9-3)5(10)7(11)12/h5,10H,2H2,1H3,(H,11,12). The molecule has 72 valence electrons. The average Bonchev–Trinajstić information content (AvgIpc) is 2.45. The van der Waals surface area contributed by atoms with Crippen LogP contribution < -0.4 is 0 Å². The van der Waals surface area contributed by atoms with E-state index in [0.29, 0.717) is 5.69 Å². The van der Waals surface area contributed by atoms with Gasteiger partial charge in [-0.3, -0.25) is 0 Å². The van der Waals surface area contributed by atoms with Crippen molar-refractivity contribution < 1.29 is 15.0 Å². The molecule has 1 aromatic rings. The maximum absolute atomic E-state index is 10.4. The third-order valence-electron chi connectivity index (χ3n) is 1.50. The van der Waals surface area contributed by atoms with E-state index in [-0.39, 0.29) is 10.9 Å². The van der Waals surface area contributed by atoms with Gasteiger partial charge in [-0.2, -0.15) is 0 Å². The Hall–Kier alpha value is -0.650. The Morgan fingerprint density at radius 1 is 1.77 bits per heavy atom. The van der Waals surface area contributed by atoms with Crippen LogP contribution in [-0.2, 0) is 10.7 Å². The minimum atomic E-state index is -1.54. The summed E-state index contributed by atoms with van der Waals surface area (Å²) in [6.45, 7) is 1.73. The molecule has 1 aromatic heterocycles. The predicted molar refractivity (Wildman–Crippen MR) is 49.0 cm³/mol. The van der Waals surface area contributed by atoms with Gasteiger partial charge in [0.05, 0.1) is 11.6 Å². The van der Waals surface area contributed by atoms with Crippen molar-refractivity contribution >= 4 is 28.9 Å². The summed E-state index contributed by atoms with van der Waals surface area (Å²) in [5, 5.41) is 17.8. The Labute approximate surface area is 83.8 Å². The highest BCUT2D eigenvalue weighted by molar-refractivity contribution is 7.12. The van der Waals surface area contributed by atoms with Crippen LogP contribution in [0.5, 0.6) is 0 Å². The second-order valence-electron chi connectivity index (χ2n) is 2.44. The van der Waals surface area contributed by atoms with Gasteiger partial charge in [-0.05, 0) is 6.92 Å². The fourth-order valence-electron chi connectivity index (χ4n) is 0.797. The zero-order chi connectivity index (χ0) is 10.0. The summed E-state index contributed by atoms with van der Waals surface area (Å²) in [5.41, 5.74) is 0.676. The van der Waals surface area contributed by atoms with Gasteiger partial charge in [-0.1, -0.05) is 0 Å². The molecule has 4 nitrogen and oxygen atoms in total. The molecule has 0 aliphatic rings. The van der Waals surface area contributed by atoms with Crippen LogP contribution >= 0.6 is 22.9 Å². The number of aliphatic hydroxyl groups is 1. The van der Waals surface area contributed by atoms with E-state index in [1.165, 1.54) is 0 Å². The number of aliphatic carboxylic acids is 1. The molecule has 1 rings (SSSR count). The van der Waals surface area contributed by atoms with Gasteiger partial charge in [0.25, 0.3) is 0 Å². The van der Waals surface area contributed by atoms with Crippen molar-refractivity contribution in [2.45, 2.75) is 18.9 Å². The zero-order valence-electron chi connectivity index (χ0n) is 6.82. The molecule has 0 fully saturated rings. The molecule has 0 radical (unpaired) electrons. The van der Waals surface area contributed by atoms with Crippen LogP contribution in [0.15, 0.2) is 0 Å². The van der Waals surface area contributed by atoms with Crippen LogP contribution in [0, 0.1) is 6.92 Å². The summed E-state index contributed by atoms with van der Waals surface area (Å²) in [6.07, 6.45) is -1.54. The van der Waals surface area contributed by atoms with E-state index in [0.717, 1.165) is 16.2 Å². The normalized spacial score (nSPS) is 12.8. The summed E-state index contributed by atoms with van der Waals surface area (Å²) in [6, 6.07) is 0. The average molecular weight is 222 g/mol. The van der Waals surface area contributed by atoms with Gasteiger partial charge in [-0.25, -0.2) is 9.78 Å². The lowest BCUT2D eigenvalue weighted by Crippen LogP contribution is -2.09. The highest BCUT2D eigenvalue weighted by Crippen LogP contribution is 2.24. The number of aromatic nitrogens is 1. The van der Waals surface area contributed by atoms with Crippen LogP contribution in [0.1, 0.15) is 21.7 Å². The molecule has 13 heavy (non-hydrogen) atoms. The number of carboxylic acids is 1. The summed E-state index contributed by atoms with van der Waals surface area (Å²) < 4.78 is 0. The summed E-state index contributed by atoms with van der Waals surface area (Å²) in [7, 11) is 0. The third kappa shape index (κ3) is 2.18. The first kappa shape index (κ1) is 10.4. The second-order valence-corrected chi connectivity index (χ2v) is 3.82. The van der Waals surface area contributed by atoms with Crippen LogP contribution in [0.4, 0.5) is 0 Å². The van der Waals surface area contributed by atoms with Gasteiger partial charge in [0.1, 0.15) is 5.01 Å². The van der Waals surface area contributed by atoms with E-state index in [1.807, 2.05) is 0 Å². The van der Waals surface area contributed by atoms with E-state index >= 15 is 0 Å². The number of thiazole rings is 1. The molecule has 0 saturated carbocycles. The van der Waals surface area contributed by atoms with Crippen molar-refractivity contribution in [1.82, 2.24) is 4.98 Å². The SMILES string of the molecule is Cc1nc(C(O)C(=O)O)sc1CCl. The molecule has 0 aromatic carbocycles. The maximum Gasteiger partial charge on any atom is 0.339 e. The van der Waals surface area contributed by atoms with Crippen LogP contribution in [0.25, 0.3) is 0 Å². The Morgan fingerprint density at radius 2 is 2.38 bits per heavy atom. The lowest BCUT2D eigenvalue weighted by atomic mass is 10.4.